The molecule has 97 valence electrons. The van der Waals surface area contributed by atoms with E-state index in [0.29, 0.717) is 0 Å². The second kappa shape index (κ2) is 5.64. The summed E-state index contributed by atoms with van der Waals surface area (Å²) < 4.78 is 60.6. The van der Waals surface area contributed by atoms with Crippen molar-refractivity contribution in [2.75, 3.05) is 0 Å². The Bertz CT molecular complexity index is 540. The molecule has 0 atom stereocenters. The van der Waals surface area contributed by atoms with Crippen LogP contribution in [0.15, 0.2) is 36.4 Å². The van der Waals surface area contributed by atoms with Crippen molar-refractivity contribution in [3.8, 4) is 11.5 Å². The van der Waals surface area contributed by atoms with Gasteiger partial charge < -0.3 is 9.31 Å². The van der Waals surface area contributed by atoms with Crippen LogP contribution in [-0.2, 0) is 0 Å². The molecular formula is C12H6BF4O2. The maximum atomic E-state index is 12.8. The minimum atomic E-state index is -1.07. The van der Waals surface area contributed by atoms with Gasteiger partial charge in [0, 0.05) is 12.1 Å². The Labute approximate surface area is 106 Å². The molecule has 0 unspecified atom stereocenters. The van der Waals surface area contributed by atoms with Gasteiger partial charge in [0.05, 0.1) is 0 Å². The van der Waals surface area contributed by atoms with E-state index < -0.39 is 23.3 Å². The molecule has 1 radical (unpaired) electrons. The van der Waals surface area contributed by atoms with Gasteiger partial charge in [0.1, 0.15) is 11.5 Å². The van der Waals surface area contributed by atoms with Crippen LogP contribution in [0.4, 0.5) is 17.6 Å². The van der Waals surface area contributed by atoms with Gasteiger partial charge in [-0.1, -0.05) is 0 Å². The third-order valence-corrected chi connectivity index (χ3v) is 2.15. The summed E-state index contributed by atoms with van der Waals surface area (Å²) in [6.07, 6.45) is 0. The highest BCUT2D eigenvalue weighted by Gasteiger charge is 2.08. The Morgan fingerprint density at radius 2 is 1.05 bits per heavy atom. The van der Waals surface area contributed by atoms with E-state index in [2.05, 4.69) is 0 Å². The fourth-order valence-corrected chi connectivity index (χ4v) is 1.24. The van der Waals surface area contributed by atoms with Crippen LogP contribution in [-0.4, -0.2) is 7.69 Å². The largest absolute Gasteiger partial charge is 0.658 e. The molecule has 0 saturated carbocycles. The molecule has 0 saturated heterocycles. The molecule has 0 spiro atoms. The molecule has 0 aliphatic rings. The molecule has 0 aliphatic carbocycles. The second-order valence-electron chi connectivity index (χ2n) is 3.48. The van der Waals surface area contributed by atoms with E-state index in [-0.39, 0.29) is 11.5 Å². The Hall–Kier alpha value is -2.18. The Morgan fingerprint density at radius 1 is 0.632 bits per heavy atom. The van der Waals surface area contributed by atoms with Crippen LogP contribution in [0.5, 0.6) is 11.5 Å². The SMILES string of the molecule is Fc1ccc(O[B]Oc2ccc(F)c(F)c2)cc1F. The van der Waals surface area contributed by atoms with Gasteiger partial charge in [-0.15, -0.1) is 0 Å². The van der Waals surface area contributed by atoms with Crippen LogP contribution in [0, 0.1) is 23.3 Å². The summed E-state index contributed by atoms with van der Waals surface area (Å²) in [6.45, 7) is 0. The Kier molecular flexibility index (Phi) is 3.94. The summed E-state index contributed by atoms with van der Waals surface area (Å²) in [4.78, 5) is 0. The quantitative estimate of drug-likeness (QED) is 0.626. The zero-order chi connectivity index (χ0) is 13.8. The minimum Gasteiger partial charge on any atom is -0.526 e. The fraction of sp³-hybridized carbons (Fsp3) is 0. The Morgan fingerprint density at radius 3 is 1.42 bits per heavy atom. The van der Waals surface area contributed by atoms with Crippen molar-refractivity contribution >= 4 is 7.69 Å². The monoisotopic (exact) mass is 269 g/mol. The van der Waals surface area contributed by atoms with E-state index in [1.807, 2.05) is 0 Å². The molecule has 2 aromatic carbocycles. The third-order valence-electron chi connectivity index (χ3n) is 2.15. The lowest BCUT2D eigenvalue weighted by Crippen LogP contribution is -2.11. The van der Waals surface area contributed by atoms with E-state index in [9.17, 15) is 17.6 Å². The van der Waals surface area contributed by atoms with Crippen LogP contribution in [0.2, 0.25) is 0 Å². The van der Waals surface area contributed by atoms with Crippen LogP contribution in [0.3, 0.4) is 0 Å². The van der Waals surface area contributed by atoms with Crippen molar-refractivity contribution in [3.05, 3.63) is 59.7 Å². The van der Waals surface area contributed by atoms with Gasteiger partial charge in [0.25, 0.3) is 0 Å². The predicted molar refractivity (Wildman–Crippen MR) is 59.7 cm³/mol. The van der Waals surface area contributed by atoms with Crippen molar-refractivity contribution in [3.63, 3.8) is 0 Å². The van der Waals surface area contributed by atoms with Crippen molar-refractivity contribution in [1.82, 2.24) is 0 Å². The molecule has 19 heavy (non-hydrogen) atoms. The summed E-state index contributed by atoms with van der Waals surface area (Å²) in [6, 6.07) is 5.78. The smallest absolute Gasteiger partial charge is 0.526 e. The molecule has 0 bridgehead atoms. The lowest BCUT2D eigenvalue weighted by atomic mass is 10.2. The second-order valence-corrected chi connectivity index (χ2v) is 3.48. The van der Waals surface area contributed by atoms with Crippen molar-refractivity contribution in [2.45, 2.75) is 0 Å². The minimum absolute atomic E-state index is 0.00137. The highest BCUT2D eigenvalue weighted by molar-refractivity contribution is 6.20. The predicted octanol–water partition coefficient (Wildman–Crippen LogP) is 3.24. The first-order valence-electron chi connectivity index (χ1n) is 5.11. The molecule has 0 aliphatic heterocycles. The molecule has 0 aromatic heterocycles. The van der Waals surface area contributed by atoms with E-state index in [1.165, 1.54) is 12.1 Å². The van der Waals surface area contributed by atoms with Crippen molar-refractivity contribution < 1.29 is 26.9 Å². The van der Waals surface area contributed by atoms with Crippen LogP contribution >= 0.6 is 0 Å². The zero-order valence-electron chi connectivity index (χ0n) is 9.37. The Balaban J connectivity index is 1.92. The standard InChI is InChI=1S/C12H6BF4O2/c14-9-3-1-7(5-11(9)16)18-13-19-8-2-4-10(15)12(17)6-8/h1-6H. The van der Waals surface area contributed by atoms with E-state index in [4.69, 9.17) is 9.31 Å². The molecule has 0 amide bonds. The highest BCUT2D eigenvalue weighted by atomic mass is 19.2. The topological polar surface area (TPSA) is 18.5 Å². The number of benzene rings is 2. The van der Waals surface area contributed by atoms with E-state index in [1.54, 1.807) is 0 Å². The number of halogens is 4. The molecule has 2 nitrogen and oxygen atoms in total. The summed E-state index contributed by atoms with van der Waals surface area (Å²) >= 11 is 0. The fourth-order valence-electron chi connectivity index (χ4n) is 1.24. The molecule has 2 aromatic rings. The highest BCUT2D eigenvalue weighted by Crippen LogP contribution is 2.17. The average molecular weight is 269 g/mol. The average Bonchev–Trinajstić information content (AvgIpc) is 2.38. The van der Waals surface area contributed by atoms with Crippen molar-refractivity contribution in [2.24, 2.45) is 0 Å². The first-order valence-corrected chi connectivity index (χ1v) is 5.11. The van der Waals surface area contributed by atoms with Gasteiger partial charge in [-0.05, 0) is 24.3 Å². The molecule has 0 heterocycles. The molecule has 0 N–H and O–H groups in total. The van der Waals surface area contributed by atoms with Gasteiger partial charge in [0.15, 0.2) is 23.3 Å². The first kappa shape index (κ1) is 13.3. The summed E-state index contributed by atoms with van der Waals surface area (Å²) in [5, 5.41) is 0. The lowest BCUT2D eigenvalue weighted by molar-refractivity contribution is 0.443. The molecular weight excluding hydrogens is 263 g/mol. The first-order chi connectivity index (χ1) is 9.06. The van der Waals surface area contributed by atoms with E-state index in [0.717, 1.165) is 32.0 Å². The summed E-state index contributed by atoms with van der Waals surface area (Å²) in [7, 11) is 0.791. The van der Waals surface area contributed by atoms with Crippen LogP contribution in [0.25, 0.3) is 0 Å². The maximum Gasteiger partial charge on any atom is 0.658 e. The number of hydrogen-bond acceptors (Lipinski definition) is 2. The molecule has 0 fully saturated rings. The van der Waals surface area contributed by atoms with Gasteiger partial charge >= 0.3 is 7.69 Å². The zero-order valence-corrected chi connectivity index (χ0v) is 9.37. The number of hydrogen-bond donors (Lipinski definition) is 0. The normalized spacial score (nSPS) is 10.1. The number of rotatable bonds is 4. The van der Waals surface area contributed by atoms with E-state index >= 15 is 0 Å². The molecule has 7 heteroatoms. The van der Waals surface area contributed by atoms with Crippen LogP contribution < -0.4 is 9.31 Å². The summed E-state index contributed by atoms with van der Waals surface area (Å²) in [5.41, 5.74) is 0. The van der Waals surface area contributed by atoms with Gasteiger partial charge in [-0.2, -0.15) is 0 Å². The van der Waals surface area contributed by atoms with Crippen molar-refractivity contribution in [1.29, 1.82) is 0 Å². The van der Waals surface area contributed by atoms with Crippen LogP contribution in [0.1, 0.15) is 0 Å². The van der Waals surface area contributed by atoms with Gasteiger partial charge in [-0.25, -0.2) is 17.6 Å². The molecule has 2 rings (SSSR count). The van der Waals surface area contributed by atoms with Gasteiger partial charge in [-0.3, -0.25) is 0 Å². The van der Waals surface area contributed by atoms with Gasteiger partial charge in [0.2, 0.25) is 0 Å². The summed E-state index contributed by atoms with van der Waals surface area (Å²) in [5.74, 6) is -4.15. The third kappa shape index (κ3) is 3.40. The lowest BCUT2D eigenvalue weighted by Gasteiger charge is -2.06. The maximum absolute atomic E-state index is 12.8.